The molecule has 0 aromatic rings. The second kappa shape index (κ2) is 6.82. The van der Waals surface area contributed by atoms with E-state index in [0.29, 0.717) is 0 Å². The van der Waals surface area contributed by atoms with Crippen LogP contribution < -0.4 is 5.32 Å². The van der Waals surface area contributed by atoms with Gasteiger partial charge in [-0.15, -0.1) is 0 Å². The second-order valence-electron chi connectivity index (χ2n) is 4.11. The minimum Gasteiger partial charge on any atom is -0.480 e. The number of nitrogens with one attached hydrogen (secondary N) is 1. The highest BCUT2D eigenvalue weighted by Crippen LogP contribution is 2.11. The molecule has 1 unspecified atom stereocenters. The molecule has 0 radical (unpaired) electrons. The molecule has 2 N–H and O–H groups in total. The van der Waals surface area contributed by atoms with Crippen LogP contribution in [0.3, 0.4) is 0 Å². The molecule has 0 spiro atoms. The van der Waals surface area contributed by atoms with Crippen LogP contribution in [0, 0.1) is 0 Å². The minimum absolute atomic E-state index is 0.312. The average molecular weight is 199 g/mol. The fraction of sp³-hybridized carbons (Fsp3) is 0.909. The molecule has 82 valence electrons. The lowest BCUT2D eigenvalue weighted by molar-refractivity contribution is -0.139. The summed E-state index contributed by atoms with van der Waals surface area (Å²) in [7, 11) is 0. The van der Waals surface area contributed by atoms with Crippen molar-refractivity contribution >= 4 is 5.97 Å². The van der Waals surface area contributed by atoms with Gasteiger partial charge in [0.15, 0.2) is 0 Å². The summed E-state index contributed by atoms with van der Waals surface area (Å²) in [6, 6.07) is -0.312. The Morgan fingerprint density at radius 2 is 1.57 bits per heavy atom. The maximum Gasteiger partial charge on any atom is 0.320 e. The van der Waals surface area contributed by atoms with Gasteiger partial charge in [0.25, 0.3) is 0 Å². The number of carboxylic acid groups (broad SMARTS) is 1. The van der Waals surface area contributed by atoms with Crippen molar-refractivity contribution in [2.75, 3.05) is 6.54 Å². The fourth-order valence-corrected chi connectivity index (χ4v) is 1.95. The summed E-state index contributed by atoms with van der Waals surface area (Å²) in [6.07, 6.45) is 9.26. The van der Waals surface area contributed by atoms with E-state index in [1.54, 1.807) is 0 Å². The van der Waals surface area contributed by atoms with E-state index in [9.17, 15) is 4.79 Å². The Balaban J connectivity index is 2.31. The average Bonchev–Trinajstić information content (AvgIpc) is 2.21. The highest BCUT2D eigenvalue weighted by atomic mass is 16.4. The van der Waals surface area contributed by atoms with Gasteiger partial charge < -0.3 is 10.4 Å². The van der Waals surface area contributed by atoms with Crippen LogP contribution >= 0.6 is 0 Å². The van der Waals surface area contributed by atoms with Crippen LogP contribution in [0.25, 0.3) is 0 Å². The van der Waals surface area contributed by atoms with Gasteiger partial charge in [-0.1, -0.05) is 38.5 Å². The number of hydrogen-bond acceptors (Lipinski definition) is 2. The molecule has 1 atom stereocenters. The van der Waals surface area contributed by atoms with Gasteiger partial charge in [0, 0.05) is 0 Å². The Bertz CT molecular complexity index is 159. The van der Waals surface area contributed by atoms with Crippen molar-refractivity contribution in [3.05, 3.63) is 0 Å². The van der Waals surface area contributed by atoms with E-state index in [0.717, 1.165) is 25.8 Å². The molecule has 1 heterocycles. The first kappa shape index (κ1) is 11.5. The molecule has 0 aliphatic carbocycles. The summed E-state index contributed by atoms with van der Waals surface area (Å²) in [5.74, 6) is -0.691. The molecule has 3 heteroatoms. The normalized spacial score (nSPS) is 26.4. The first-order valence-electron chi connectivity index (χ1n) is 5.77. The Morgan fingerprint density at radius 3 is 2.21 bits per heavy atom. The molecule has 1 rings (SSSR count). The first-order valence-corrected chi connectivity index (χ1v) is 5.77. The maximum atomic E-state index is 10.8. The topological polar surface area (TPSA) is 49.3 Å². The van der Waals surface area contributed by atoms with Crippen molar-refractivity contribution in [3.63, 3.8) is 0 Å². The zero-order chi connectivity index (χ0) is 10.2. The van der Waals surface area contributed by atoms with Crippen LogP contribution in [0.1, 0.15) is 51.4 Å². The van der Waals surface area contributed by atoms with Gasteiger partial charge in [0.05, 0.1) is 0 Å². The standard InChI is InChI=1S/C11H21NO2/c13-11(14)10-8-6-4-2-1-3-5-7-9-12-10/h10,12H,1-9H2,(H,13,14). The number of carbonyl (C=O) groups is 1. The van der Waals surface area contributed by atoms with E-state index >= 15 is 0 Å². The van der Waals surface area contributed by atoms with Gasteiger partial charge in [-0.3, -0.25) is 4.79 Å². The number of rotatable bonds is 1. The summed E-state index contributed by atoms with van der Waals surface area (Å²) >= 11 is 0. The summed E-state index contributed by atoms with van der Waals surface area (Å²) in [5.41, 5.74) is 0. The molecule has 1 aliphatic rings. The van der Waals surface area contributed by atoms with Crippen LogP contribution in [0.2, 0.25) is 0 Å². The maximum absolute atomic E-state index is 10.8. The van der Waals surface area contributed by atoms with E-state index in [2.05, 4.69) is 5.32 Å². The second-order valence-corrected chi connectivity index (χ2v) is 4.11. The molecule has 1 fully saturated rings. The third-order valence-electron chi connectivity index (χ3n) is 2.86. The van der Waals surface area contributed by atoms with Gasteiger partial charge in [0.1, 0.15) is 6.04 Å². The summed E-state index contributed by atoms with van der Waals surface area (Å²) in [6.45, 7) is 0.858. The molecule has 1 saturated heterocycles. The predicted octanol–water partition coefficient (Wildman–Crippen LogP) is 2.16. The molecular formula is C11H21NO2. The van der Waals surface area contributed by atoms with Crippen LogP contribution in [-0.4, -0.2) is 23.7 Å². The van der Waals surface area contributed by atoms with Gasteiger partial charge in [-0.2, -0.15) is 0 Å². The lowest BCUT2D eigenvalue weighted by Gasteiger charge is -2.13. The van der Waals surface area contributed by atoms with Crippen molar-refractivity contribution in [3.8, 4) is 0 Å². The van der Waals surface area contributed by atoms with Crippen molar-refractivity contribution in [2.24, 2.45) is 0 Å². The van der Waals surface area contributed by atoms with Gasteiger partial charge in [-0.05, 0) is 19.4 Å². The van der Waals surface area contributed by atoms with Crippen LogP contribution in [0.15, 0.2) is 0 Å². The smallest absolute Gasteiger partial charge is 0.320 e. The molecular weight excluding hydrogens is 178 g/mol. The number of hydrogen-bond donors (Lipinski definition) is 2. The van der Waals surface area contributed by atoms with Crippen LogP contribution in [0.5, 0.6) is 0 Å². The van der Waals surface area contributed by atoms with Crippen molar-refractivity contribution in [1.82, 2.24) is 5.32 Å². The van der Waals surface area contributed by atoms with E-state index < -0.39 is 5.97 Å². The minimum atomic E-state index is -0.691. The van der Waals surface area contributed by atoms with Gasteiger partial charge in [-0.25, -0.2) is 0 Å². The first-order chi connectivity index (χ1) is 6.80. The highest BCUT2D eigenvalue weighted by molar-refractivity contribution is 5.73. The predicted molar refractivity (Wildman–Crippen MR) is 56.4 cm³/mol. The molecule has 0 bridgehead atoms. The molecule has 0 amide bonds. The van der Waals surface area contributed by atoms with Gasteiger partial charge >= 0.3 is 5.97 Å². The van der Waals surface area contributed by atoms with Crippen LogP contribution in [0.4, 0.5) is 0 Å². The van der Waals surface area contributed by atoms with Crippen molar-refractivity contribution in [2.45, 2.75) is 57.4 Å². The SMILES string of the molecule is O=C(O)C1CCCCCCCCCN1. The Morgan fingerprint density at radius 1 is 1.00 bits per heavy atom. The Labute approximate surface area is 85.9 Å². The molecule has 0 aromatic heterocycles. The lowest BCUT2D eigenvalue weighted by atomic mass is 10.1. The van der Waals surface area contributed by atoms with Crippen molar-refractivity contribution < 1.29 is 9.90 Å². The largest absolute Gasteiger partial charge is 0.480 e. The summed E-state index contributed by atoms with van der Waals surface area (Å²) in [5, 5.41) is 12.0. The lowest BCUT2D eigenvalue weighted by Crippen LogP contribution is -2.37. The molecule has 0 saturated carbocycles. The monoisotopic (exact) mass is 199 g/mol. The number of aliphatic carboxylic acids is 1. The number of carboxylic acids is 1. The molecule has 1 aliphatic heterocycles. The molecule has 0 aromatic carbocycles. The molecule has 14 heavy (non-hydrogen) atoms. The summed E-state index contributed by atoms with van der Waals surface area (Å²) in [4.78, 5) is 10.8. The quantitative estimate of drug-likeness (QED) is 0.680. The fourth-order valence-electron chi connectivity index (χ4n) is 1.95. The third-order valence-corrected chi connectivity index (χ3v) is 2.86. The van der Waals surface area contributed by atoms with E-state index in [1.807, 2.05) is 0 Å². The highest BCUT2D eigenvalue weighted by Gasteiger charge is 2.15. The van der Waals surface area contributed by atoms with Crippen LogP contribution in [-0.2, 0) is 4.79 Å². The summed E-state index contributed by atoms with van der Waals surface area (Å²) < 4.78 is 0. The van der Waals surface area contributed by atoms with Gasteiger partial charge in [0.2, 0.25) is 0 Å². The third kappa shape index (κ3) is 4.61. The Hall–Kier alpha value is -0.570. The van der Waals surface area contributed by atoms with E-state index in [-0.39, 0.29) is 6.04 Å². The van der Waals surface area contributed by atoms with Crippen molar-refractivity contribution in [1.29, 1.82) is 0 Å². The molecule has 3 nitrogen and oxygen atoms in total. The van der Waals surface area contributed by atoms with E-state index in [1.165, 1.54) is 32.1 Å². The van der Waals surface area contributed by atoms with E-state index in [4.69, 9.17) is 5.11 Å². The Kier molecular flexibility index (Phi) is 5.60. The zero-order valence-corrected chi connectivity index (χ0v) is 8.80. The zero-order valence-electron chi connectivity index (χ0n) is 8.80.